The van der Waals surface area contributed by atoms with Gasteiger partial charge in [0.25, 0.3) is 5.91 Å². The first-order valence-electron chi connectivity index (χ1n) is 6.43. The normalized spacial score (nSPS) is 10.6. The van der Waals surface area contributed by atoms with E-state index in [9.17, 15) is 4.79 Å². The van der Waals surface area contributed by atoms with Crippen molar-refractivity contribution in [2.24, 2.45) is 0 Å². The van der Waals surface area contributed by atoms with Crippen LogP contribution in [-0.2, 0) is 0 Å². The lowest BCUT2D eigenvalue weighted by atomic mass is 9.98. The summed E-state index contributed by atoms with van der Waals surface area (Å²) in [6.45, 7) is 7.72. The van der Waals surface area contributed by atoms with E-state index in [0.29, 0.717) is 5.56 Å². The Morgan fingerprint density at radius 2 is 2.11 bits per heavy atom. The molecule has 0 bridgehead atoms. The minimum Gasteiger partial charge on any atom is -0.384 e. The number of hydrogen-bond acceptors (Lipinski definition) is 2. The topological polar surface area (TPSA) is 49.3 Å². The van der Waals surface area contributed by atoms with Crippen molar-refractivity contribution in [3.8, 4) is 11.8 Å². The lowest BCUT2D eigenvalue weighted by Crippen LogP contribution is -2.43. The second-order valence-electron chi connectivity index (χ2n) is 5.13. The molecule has 1 aromatic rings. The van der Waals surface area contributed by atoms with Crippen molar-refractivity contribution in [2.45, 2.75) is 39.7 Å². The Morgan fingerprint density at radius 1 is 1.42 bits per heavy atom. The molecule has 0 unspecified atom stereocenters. The smallest absolute Gasteiger partial charge is 0.252 e. The predicted octanol–water partition coefficient (Wildman–Crippen LogP) is 2.26. The van der Waals surface area contributed by atoms with E-state index >= 15 is 0 Å². The highest BCUT2D eigenvalue weighted by molar-refractivity contribution is 5.96. The molecule has 0 saturated carbocycles. The Morgan fingerprint density at radius 3 is 2.68 bits per heavy atom. The number of amides is 1. The van der Waals surface area contributed by atoms with Crippen molar-refractivity contribution in [1.29, 1.82) is 0 Å². The maximum atomic E-state index is 12.3. The van der Waals surface area contributed by atoms with Gasteiger partial charge in [-0.3, -0.25) is 4.79 Å². The van der Waals surface area contributed by atoms with Crippen LogP contribution in [0.15, 0.2) is 18.2 Å². The molecule has 0 atom stereocenters. The third-order valence-electron chi connectivity index (χ3n) is 3.22. The van der Waals surface area contributed by atoms with Crippen LogP contribution in [0, 0.1) is 18.8 Å². The van der Waals surface area contributed by atoms with Crippen LogP contribution in [0.1, 0.15) is 48.7 Å². The third kappa shape index (κ3) is 4.11. The monoisotopic (exact) mass is 259 g/mol. The molecule has 1 rings (SSSR count). The first-order valence-corrected chi connectivity index (χ1v) is 6.43. The molecular formula is C16H21NO2. The van der Waals surface area contributed by atoms with Gasteiger partial charge in [-0.25, -0.2) is 0 Å². The molecule has 0 heterocycles. The Labute approximate surface area is 115 Å². The number of rotatable bonds is 3. The minimum atomic E-state index is -0.226. The van der Waals surface area contributed by atoms with E-state index in [2.05, 4.69) is 17.2 Å². The van der Waals surface area contributed by atoms with Gasteiger partial charge in [0.15, 0.2) is 0 Å². The fourth-order valence-electron chi connectivity index (χ4n) is 1.61. The van der Waals surface area contributed by atoms with E-state index in [1.54, 1.807) is 6.07 Å². The summed E-state index contributed by atoms with van der Waals surface area (Å²) in [5, 5.41) is 11.7. The first-order chi connectivity index (χ1) is 8.91. The average Bonchev–Trinajstić information content (AvgIpc) is 2.37. The predicted molar refractivity (Wildman–Crippen MR) is 77.0 cm³/mol. The molecule has 3 heteroatoms. The number of carbonyl (C=O) groups excluding carboxylic acids is 1. The Hall–Kier alpha value is -1.79. The zero-order valence-corrected chi connectivity index (χ0v) is 12.0. The highest BCUT2D eigenvalue weighted by Crippen LogP contribution is 2.15. The van der Waals surface area contributed by atoms with Crippen LogP contribution in [-0.4, -0.2) is 23.2 Å². The molecule has 0 saturated heterocycles. The average molecular weight is 259 g/mol. The van der Waals surface area contributed by atoms with Gasteiger partial charge in [-0.15, -0.1) is 0 Å². The van der Waals surface area contributed by atoms with Gasteiger partial charge < -0.3 is 10.4 Å². The van der Waals surface area contributed by atoms with Gasteiger partial charge in [0.2, 0.25) is 0 Å². The highest BCUT2D eigenvalue weighted by atomic mass is 16.2. The summed E-state index contributed by atoms with van der Waals surface area (Å²) in [4.78, 5) is 12.3. The van der Waals surface area contributed by atoms with E-state index in [0.717, 1.165) is 17.5 Å². The van der Waals surface area contributed by atoms with Gasteiger partial charge in [-0.1, -0.05) is 24.8 Å². The van der Waals surface area contributed by atoms with Crippen molar-refractivity contribution in [3.05, 3.63) is 34.9 Å². The Bertz CT molecular complexity index is 521. The highest BCUT2D eigenvalue weighted by Gasteiger charge is 2.20. The summed E-state index contributed by atoms with van der Waals surface area (Å²) in [6.07, 6.45) is 0.863. The van der Waals surface area contributed by atoms with E-state index in [1.807, 2.05) is 39.8 Å². The molecular weight excluding hydrogens is 238 g/mol. The molecule has 19 heavy (non-hydrogen) atoms. The maximum Gasteiger partial charge on any atom is 0.252 e. The summed E-state index contributed by atoms with van der Waals surface area (Å²) in [5.74, 6) is 5.37. The van der Waals surface area contributed by atoms with Gasteiger partial charge >= 0.3 is 0 Å². The Kier molecular flexibility index (Phi) is 5.14. The van der Waals surface area contributed by atoms with Crippen molar-refractivity contribution in [1.82, 2.24) is 5.32 Å². The van der Waals surface area contributed by atoms with Gasteiger partial charge in [0, 0.05) is 16.7 Å². The van der Waals surface area contributed by atoms with Crippen LogP contribution in [0.4, 0.5) is 0 Å². The summed E-state index contributed by atoms with van der Waals surface area (Å²) >= 11 is 0. The number of aliphatic hydroxyl groups is 1. The van der Waals surface area contributed by atoms with Crippen LogP contribution >= 0.6 is 0 Å². The molecule has 0 radical (unpaired) electrons. The SMILES string of the molecule is CCC(C)(C)NC(=O)c1cccc(C#CCO)c1C. The van der Waals surface area contributed by atoms with Crippen LogP contribution in [0.3, 0.4) is 0 Å². The molecule has 2 N–H and O–H groups in total. The molecule has 0 aliphatic rings. The molecule has 1 amide bonds. The van der Waals surface area contributed by atoms with Gasteiger partial charge in [0.05, 0.1) is 0 Å². The number of hydrogen-bond donors (Lipinski definition) is 2. The van der Waals surface area contributed by atoms with E-state index < -0.39 is 0 Å². The summed E-state index contributed by atoms with van der Waals surface area (Å²) in [7, 11) is 0. The molecule has 0 aromatic heterocycles. The molecule has 0 spiro atoms. The van der Waals surface area contributed by atoms with Crippen molar-refractivity contribution in [3.63, 3.8) is 0 Å². The third-order valence-corrected chi connectivity index (χ3v) is 3.22. The van der Waals surface area contributed by atoms with Crippen molar-refractivity contribution < 1.29 is 9.90 Å². The fraction of sp³-hybridized carbons (Fsp3) is 0.438. The molecule has 102 valence electrons. The molecule has 0 fully saturated rings. The molecule has 0 aliphatic heterocycles. The molecule has 1 aromatic carbocycles. The van der Waals surface area contributed by atoms with E-state index in [4.69, 9.17) is 5.11 Å². The van der Waals surface area contributed by atoms with Gasteiger partial charge in [-0.2, -0.15) is 0 Å². The van der Waals surface area contributed by atoms with E-state index in [1.165, 1.54) is 0 Å². The number of aliphatic hydroxyl groups excluding tert-OH is 1. The van der Waals surface area contributed by atoms with Crippen molar-refractivity contribution >= 4 is 5.91 Å². The second-order valence-corrected chi connectivity index (χ2v) is 5.13. The van der Waals surface area contributed by atoms with Gasteiger partial charge in [0.1, 0.15) is 6.61 Å². The number of benzene rings is 1. The molecule has 3 nitrogen and oxygen atoms in total. The van der Waals surface area contributed by atoms with Crippen LogP contribution < -0.4 is 5.32 Å². The number of nitrogens with one attached hydrogen (secondary N) is 1. The lowest BCUT2D eigenvalue weighted by Gasteiger charge is -2.25. The minimum absolute atomic E-state index is 0.0861. The quantitative estimate of drug-likeness (QED) is 0.818. The zero-order valence-electron chi connectivity index (χ0n) is 12.0. The lowest BCUT2D eigenvalue weighted by molar-refractivity contribution is 0.0910. The van der Waals surface area contributed by atoms with E-state index in [-0.39, 0.29) is 18.1 Å². The van der Waals surface area contributed by atoms with Crippen LogP contribution in [0.25, 0.3) is 0 Å². The standard InChI is InChI=1S/C16H21NO2/c1-5-16(3,4)17-15(19)14-10-6-8-13(12(14)2)9-7-11-18/h6,8,10,18H,5,11H2,1-4H3,(H,17,19). The fourth-order valence-corrected chi connectivity index (χ4v) is 1.61. The largest absolute Gasteiger partial charge is 0.384 e. The zero-order chi connectivity index (χ0) is 14.5. The Balaban J connectivity index is 3.05. The summed E-state index contributed by atoms with van der Waals surface area (Å²) in [6, 6.07) is 5.45. The van der Waals surface area contributed by atoms with Crippen molar-refractivity contribution in [2.75, 3.05) is 6.61 Å². The maximum absolute atomic E-state index is 12.3. The second kappa shape index (κ2) is 6.40. The summed E-state index contributed by atoms with van der Waals surface area (Å²) in [5.41, 5.74) is 2.02. The first kappa shape index (κ1) is 15.3. The van der Waals surface area contributed by atoms with Crippen LogP contribution in [0.2, 0.25) is 0 Å². The molecule has 0 aliphatic carbocycles. The number of carbonyl (C=O) groups is 1. The van der Waals surface area contributed by atoms with Crippen LogP contribution in [0.5, 0.6) is 0 Å². The summed E-state index contributed by atoms with van der Waals surface area (Å²) < 4.78 is 0. The van der Waals surface area contributed by atoms with Gasteiger partial charge in [-0.05, 0) is 44.9 Å².